The van der Waals surface area contributed by atoms with Gasteiger partial charge in [0.2, 0.25) is 5.91 Å². The van der Waals surface area contributed by atoms with Gasteiger partial charge < -0.3 is 4.90 Å². The van der Waals surface area contributed by atoms with Crippen LogP contribution in [-0.4, -0.2) is 23.9 Å². The van der Waals surface area contributed by atoms with Crippen LogP contribution in [0.3, 0.4) is 0 Å². The first-order valence-electron chi connectivity index (χ1n) is 4.87. The first kappa shape index (κ1) is 8.55. The van der Waals surface area contributed by atoms with Gasteiger partial charge in [-0.1, -0.05) is 0 Å². The van der Waals surface area contributed by atoms with Crippen molar-refractivity contribution in [3.8, 4) is 6.07 Å². The van der Waals surface area contributed by atoms with E-state index in [1.165, 1.54) is 12.8 Å². The van der Waals surface area contributed by atoms with E-state index < -0.39 is 0 Å². The molecule has 1 amide bonds. The average Bonchev–Trinajstić information content (AvgIpc) is 2.76. The fraction of sp³-hybridized carbons (Fsp3) is 0.800. The van der Waals surface area contributed by atoms with E-state index in [2.05, 4.69) is 6.07 Å². The molecule has 1 heterocycles. The molecule has 0 bridgehead atoms. The molecule has 0 spiro atoms. The van der Waals surface area contributed by atoms with E-state index in [1.807, 2.05) is 4.90 Å². The van der Waals surface area contributed by atoms with Crippen LogP contribution >= 0.6 is 0 Å². The molecule has 0 aromatic rings. The molecule has 1 saturated heterocycles. The van der Waals surface area contributed by atoms with Gasteiger partial charge in [-0.05, 0) is 18.8 Å². The van der Waals surface area contributed by atoms with Crippen LogP contribution in [0.2, 0.25) is 0 Å². The molecular weight excluding hydrogens is 164 g/mol. The fourth-order valence-corrected chi connectivity index (χ4v) is 2.05. The lowest BCUT2D eigenvalue weighted by molar-refractivity contribution is -0.136. The Morgan fingerprint density at radius 1 is 1.46 bits per heavy atom. The third kappa shape index (κ3) is 1.53. The predicted molar refractivity (Wildman–Crippen MR) is 47.6 cm³/mol. The summed E-state index contributed by atoms with van der Waals surface area (Å²) >= 11 is 0. The first-order valence-corrected chi connectivity index (χ1v) is 4.87. The zero-order valence-electron chi connectivity index (χ0n) is 7.86. The second-order valence-corrected chi connectivity index (χ2v) is 4.18. The zero-order chi connectivity index (χ0) is 9.42. The maximum absolute atomic E-state index is 10.9. The highest BCUT2D eigenvalue weighted by Crippen LogP contribution is 2.42. The minimum absolute atomic E-state index is 0.142. The van der Waals surface area contributed by atoms with Crippen molar-refractivity contribution < 1.29 is 4.79 Å². The molecule has 1 saturated carbocycles. The summed E-state index contributed by atoms with van der Waals surface area (Å²) in [5.74, 6) is 1.46. The normalized spacial score (nSPS) is 24.8. The predicted octanol–water partition coefficient (Wildman–Crippen LogP) is 1.01. The molecule has 1 aliphatic carbocycles. The molecule has 2 fully saturated rings. The molecule has 2 aliphatic rings. The van der Waals surface area contributed by atoms with Crippen molar-refractivity contribution in [1.82, 2.24) is 4.90 Å². The maximum Gasteiger partial charge on any atom is 0.219 e. The highest BCUT2D eigenvalue weighted by Gasteiger charge is 2.42. The number of hydrogen-bond acceptors (Lipinski definition) is 2. The summed E-state index contributed by atoms with van der Waals surface area (Å²) in [5, 5.41) is 8.94. The van der Waals surface area contributed by atoms with Gasteiger partial charge in [0.1, 0.15) is 0 Å². The highest BCUT2D eigenvalue weighted by atomic mass is 16.2. The van der Waals surface area contributed by atoms with E-state index in [0.717, 1.165) is 13.1 Å². The quantitative estimate of drug-likeness (QED) is 0.633. The third-order valence-electron chi connectivity index (χ3n) is 3.14. The number of likely N-dealkylation sites (tertiary alicyclic amines) is 1. The summed E-state index contributed by atoms with van der Waals surface area (Å²) in [4.78, 5) is 12.7. The van der Waals surface area contributed by atoms with Gasteiger partial charge in [0.25, 0.3) is 0 Å². The summed E-state index contributed by atoms with van der Waals surface area (Å²) in [6.45, 7) is 3.21. The SMILES string of the molecule is CC(=O)N1CC(C(C#N)C2CC2)C1. The molecule has 70 valence electrons. The first-order chi connectivity index (χ1) is 6.22. The largest absolute Gasteiger partial charge is 0.342 e. The molecule has 0 N–H and O–H groups in total. The third-order valence-corrected chi connectivity index (χ3v) is 3.14. The molecular formula is C10H14N2O. The second-order valence-electron chi connectivity index (χ2n) is 4.18. The summed E-state index contributed by atoms with van der Waals surface area (Å²) < 4.78 is 0. The van der Waals surface area contributed by atoms with Crippen molar-refractivity contribution >= 4 is 5.91 Å². The standard InChI is InChI=1S/C10H14N2O/c1-7(13)12-5-9(6-12)10(4-11)8-2-3-8/h8-10H,2-3,5-6H2,1H3. The number of rotatable bonds is 2. The molecule has 3 nitrogen and oxygen atoms in total. The summed E-state index contributed by atoms with van der Waals surface area (Å²) in [5.41, 5.74) is 0. The summed E-state index contributed by atoms with van der Waals surface area (Å²) in [7, 11) is 0. The van der Waals surface area contributed by atoms with Crippen molar-refractivity contribution in [2.24, 2.45) is 17.8 Å². The Balaban J connectivity index is 1.84. The molecule has 1 unspecified atom stereocenters. The van der Waals surface area contributed by atoms with E-state index in [-0.39, 0.29) is 11.8 Å². The van der Waals surface area contributed by atoms with Crippen LogP contribution in [-0.2, 0) is 4.79 Å². The lowest BCUT2D eigenvalue weighted by Gasteiger charge is -2.41. The lowest BCUT2D eigenvalue weighted by atomic mass is 9.83. The van der Waals surface area contributed by atoms with Crippen LogP contribution in [0.25, 0.3) is 0 Å². The molecule has 0 aromatic heterocycles. The molecule has 1 atom stereocenters. The van der Waals surface area contributed by atoms with Gasteiger partial charge in [-0.3, -0.25) is 4.79 Å². The van der Waals surface area contributed by atoms with E-state index in [0.29, 0.717) is 11.8 Å². The van der Waals surface area contributed by atoms with E-state index in [9.17, 15) is 4.79 Å². The molecule has 0 aromatic carbocycles. The van der Waals surface area contributed by atoms with Crippen LogP contribution in [0, 0.1) is 29.1 Å². The van der Waals surface area contributed by atoms with Crippen LogP contribution in [0.4, 0.5) is 0 Å². The molecule has 3 heteroatoms. The number of nitrogens with zero attached hydrogens (tertiary/aromatic N) is 2. The molecule has 2 rings (SSSR count). The summed E-state index contributed by atoms with van der Waals surface area (Å²) in [6.07, 6.45) is 2.43. The number of carbonyl (C=O) groups excluding carboxylic acids is 1. The Kier molecular flexibility index (Phi) is 1.99. The van der Waals surface area contributed by atoms with Crippen molar-refractivity contribution in [3.05, 3.63) is 0 Å². The van der Waals surface area contributed by atoms with Crippen molar-refractivity contribution in [2.75, 3.05) is 13.1 Å². The molecule has 0 radical (unpaired) electrons. The fourth-order valence-electron chi connectivity index (χ4n) is 2.05. The van der Waals surface area contributed by atoms with Gasteiger partial charge in [-0.2, -0.15) is 5.26 Å². The number of carbonyl (C=O) groups is 1. The Bertz CT molecular complexity index is 259. The topological polar surface area (TPSA) is 44.1 Å². The molecule has 1 aliphatic heterocycles. The van der Waals surface area contributed by atoms with Gasteiger partial charge in [-0.25, -0.2) is 0 Å². The van der Waals surface area contributed by atoms with E-state index in [1.54, 1.807) is 6.92 Å². The average molecular weight is 178 g/mol. The maximum atomic E-state index is 10.9. The van der Waals surface area contributed by atoms with Gasteiger partial charge in [0.15, 0.2) is 0 Å². The van der Waals surface area contributed by atoms with Crippen molar-refractivity contribution in [3.63, 3.8) is 0 Å². The van der Waals surface area contributed by atoms with Crippen LogP contribution < -0.4 is 0 Å². The summed E-state index contributed by atoms with van der Waals surface area (Å²) in [6, 6.07) is 2.39. The van der Waals surface area contributed by atoms with Gasteiger partial charge in [0.05, 0.1) is 12.0 Å². The van der Waals surface area contributed by atoms with E-state index in [4.69, 9.17) is 5.26 Å². The Morgan fingerprint density at radius 2 is 2.08 bits per heavy atom. The number of hydrogen-bond donors (Lipinski definition) is 0. The van der Waals surface area contributed by atoms with Crippen molar-refractivity contribution in [2.45, 2.75) is 19.8 Å². The minimum Gasteiger partial charge on any atom is -0.342 e. The van der Waals surface area contributed by atoms with E-state index >= 15 is 0 Å². The monoisotopic (exact) mass is 178 g/mol. The Morgan fingerprint density at radius 3 is 2.46 bits per heavy atom. The lowest BCUT2D eigenvalue weighted by Crippen LogP contribution is -2.52. The van der Waals surface area contributed by atoms with Gasteiger partial charge in [-0.15, -0.1) is 0 Å². The van der Waals surface area contributed by atoms with Crippen LogP contribution in [0.15, 0.2) is 0 Å². The van der Waals surface area contributed by atoms with Crippen molar-refractivity contribution in [1.29, 1.82) is 5.26 Å². The zero-order valence-corrected chi connectivity index (χ0v) is 7.86. The Labute approximate surface area is 78.3 Å². The Hall–Kier alpha value is -1.04. The smallest absolute Gasteiger partial charge is 0.219 e. The van der Waals surface area contributed by atoms with Gasteiger partial charge in [0, 0.05) is 25.9 Å². The molecule has 13 heavy (non-hydrogen) atoms. The van der Waals surface area contributed by atoms with Crippen LogP contribution in [0.1, 0.15) is 19.8 Å². The highest BCUT2D eigenvalue weighted by molar-refractivity contribution is 5.74. The second kappa shape index (κ2) is 3.02. The van der Waals surface area contributed by atoms with Gasteiger partial charge >= 0.3 is 0 Å². The number of nitriles is 1. The number of amides is 1. The van der Waals surface area contributed by atoms with Crippen LogP contribution in [0.5, 0.6) is 0 Å². The minimum atomic E-state index is 0.142.